The molecule has 3 aromatic rings. The van der Waals surface area contributed by atoms with Gasteiger partial charge >= 0.3 is 0 Å². The number of carbonyl (C=O) groups excluding carboxylic acids is 1. The van der Waals surface area contributed by atoms with Crippen LogP contribution in [0.3, 0.4) is 0 Å². The maximum absolute atomic E-state index is 12.7. The second-order valence-corrected chi connectivity index (χ2v) is 7.67. The van der Waals surface area contributed by atoms with Gasteiger partial charge in [0.1, 0.15) is 5.82 Å². The average Bonchev–Trinajstić information content (AvgIpc) is 2.65. The maximum Gasteiger partial charge on any atom is 0.258 e. The van der Waals surface area contributed by atoms with E-state index in [0.29, 0.717) is 28.3 Å². The van der Waals surface area contributed by atoms with E-state index >= 15 is 0 Å². The van der Waals surface area contributed by atoms with E-state index in [2.05, 4.69) is 25.9 Å². The molecule has 0 aliphatic rings. The van der Waals surface area contributed by atoms with Crippen LogP contribution in [0.4, 0.5) is 0 Å². The Morgan fingerprint density at radius 2 is 2.11 bits per heavy atom. The van der Waals surface area contributed by atoms with Crippen molar-refractivity contribution in [2.75, 3.05) is 6.54 Å². The number of hydrogen-bond acceptors (Lipinski definition) is 3. The fourth-order valence-corrected chi connectivity index (χ4v) is 3.42. The predicted octanol–water partition coefficient (Wildman–Crippen LogP) is 4.79. The van der Waals surface area contributed by atoms with Crippen molar-refractivity contribution >= 4 is 50.4 Å². The van der Waals surface area contributed by atoms with Crippen molar-refractivity contribution in [3.63, 3.8) is 0 Å². The second kappa shape index (κ2) is 9.17. The molecule has 1 heterocycles. The molecule has 2 aromatic carbocycles. The number of halogens is 2. The molecular formula is C21H19BrClN3O2. The lowest BCUT2D eigenvalue weighted by atomic mass is 10.2. The first kappa shape index (κ1) is 20.3. The Balaban J connectivity index is 1.83. The number of nitrogens with one attached hydrogen (secondary N) is 1. The van der Waals surface area contributed by atoms with Crippen molar-refractivity contribution in [2.24, 2.45) is 0 Å². The van der Waals surface area contributed by atoms with Crippen molar-refractivity contribution in [3.05, 3.63) is 79.8 Å². The molecule has 0 radical (unpaired) electrons. The summed E-state index contributed by atoms with van der Waals surface area (Å²) in [6.07, 6.45) is 4.10. The molecule has 0 fully saturated rings. The van der Waals surface area contributed by atoms with Gasteiger partial charge in [-0.25, -0.2) is 4.98 Å². The molecule has 5 nitrogen and oxygen atoms in total. The molecule has 1 aromatic heterocycles. The van der Waals surface area contributed by atoms with Gasteiger partial charge in [0.05, 0.1) is 17.4 Å². The highest BCUT2D eigenvalue weighted by atomic mass is 79.9. The summed E-state index contributed by atoms with van der Waals surface area (Å²) in [7, 11) is 0. The molecule has 0 atom stereocenters. The molecule has 144 valence electrons. The number of rotatable bonds is 6. The van der Waals surface area contributed by atoms with E-state index < -0.39 is 0 Å². The Labute approximate surface area is 176 Å². The Kier molecular flexibility index (Phi) is 6.65. The largest absolute Gasteiger partial charge is 0.332 e. The number of aromatic amines is 1. The summed E-state index contributed by atoms with van der Waals surface area (Å²) in [5.41, 5.74) is 1.19. The SMILES string of the molecule is CCCN(Cc1nc2cc(Cl)ccc2c(=O)[nH]1)C(=O)C=Cc1cccc(Br)c1. The van der Waals surface area contributed by atoms with Crippen LogP contribution in [0.15, 0.2) is 57.8 Å². The molecule has 0 aliphatic carbocycles. The lowest BCUT2D eigenvalue weighted by Gasteiger charge is -2.20. The van der Waals surface area contributed by atoms with Gasteiger partial charge in [-0.15, -0.1) is 0 Å². The molecule has 0 saturated heterocycles. The van der Waals surface area contributed by atoms with Crippen molar-refractivity contribution < 1.29 is 4.79 Å². The first-order valence-electron chi connectivity index (χ1n) is 8.87. The third kappa shape index (κ3) is 5.09. The highest BCUT2D eigenvalue weighted by Crippen LogP contribution is 2.16. The minimum atomic E-state index is -0.245. The van der Waals surface area contributed by atoms with Gasteiger partial charge in [0.25, 0.3) is 5.56 Å². The molecule has 0 spiro atoms. The quantitative estimate of drug-likeness (QED) is 0.538. The molecule has 0 unspecified atom stereocenters. The maximum atomic E-state index is 12.7. The average molecular weight is 461 g/mol. The standard InChI is InChI=1S/C21H19BrClN3O2/c1-2-10-26(20(27)9-6-14-4-3-5-15(22)11-14)13-19-24-18-12-16(23)7-8-17(18)21(28)25-19/h3-9,11-12H,2,10,13H2,1H3,(H,24,25,28). The molecule has 7 heteroatoms. The van der Waals surface area contributed by atoms with E-state index in [1.807, 2.05) is 31.2 Å². The first-order chi connectivity index (χ1) is 13.5. The normalized spacial score (nSPS) is 11.2. The van der Waals surface area contributed by atoms with Crippen LogP contribution in [0.5, 0.6) is 0 Å². The first-order valence-corrected chi connectivity index (χ1v) is 10.0. The zero-order valence-electron chi connectivity index (χ0n) is 15.3. The van der Waals surface area contributed by atoms with E-state index in [0.717, 1.165) is 16.5 Å². The summed E-state index contributed by atoms with van der Waals surface area (Å²) in [6.45, 7) is 2.76. The van der Waals surface area contributed by atoms with Crippen molar-refractivity contribution in [1.29, 1.82) is 0 Å². The van der Waals surface area contributed by atoms with Crippen molar-refractivity contribution in [1.82, 2.24) is 14.9 Å². The zero-order chi connectivity index (χ0) is 20.1. The lowest BCUT2D eigenvalue weighted by Crippen LogP contribution is -2.31. The van der Waals surface area contributed by atoms with Crippen LogP contribution in [-0.2, 0) is 11.3 Å². The number of benzene rings is 2. The smallest absolute Gasteiger partial charge is 0.258 e. The van der Waals surface area contributed by atoms with Crippen molar-refractivity contribution in [2.45, 2.75) is 19.9 Å². The lowest BCUT2D eigenvalue weighted by molar-refractivity contribution is -0.126. The molecule has 3 rings (SSSR count). The van der Waals surface area contributed by atoms with Gasteiger partial charge in [-0.05, 0) is 48.4 Å². The Morgan fingerprint density at radius 3 is 2.86 bits per heavy atom. The van der Waals surface area contributed by atoms with Crippen LogP contribution in [0.2, 0.25) is 5.02 Å². The van der Waals surface area contributed by atoms with Crippen LogP contribution < -0.4 is 5.56 Å². The number of hydrogen-bond donors (Lipinski definition) is 1. The molecule has 0 aliphatic heterocycles. The van der Waals surface area contributed by atoms with E-state index in [-0.39, 0.29) is 18.0 Å². The summed E-state index contributed by atoms with van der Waals surface area (Å²) in [5, 5.41) is 0.978. The number of amides is 1. The number of aromatic nitrogens is 2. The minimum Gasteiger partial charge on any atom is -0.332 e. The van der Waals surface area contributed by atoms with Crippen LogP contribution in [-0.4, -0.2) is 27.3 Å². The molecule has 0 bridgehead atoms. The molecule has 28 heavy (non-hydrogen) atoms. The van der Waals surface area contributed by atoms with E-state index in [1.165, 1.54) is 6.08 Å². The van der Waals surface area contributed by atoms with Gasteiger partial charge in [0.2, 0.25) is 5.91 Å². The Morgan fingerprint density at radius 1 is 1.29 bits per heavy atom. The summed E-state index contributed by atoms with van der Waals surface area (Å²) < 4.78 is 0.948. The summed E-state index contributed by atoms with van der Waals surface area (Å²) in [4.78, 5) is 33.9. The van der Waals surface area contributed by atoms with Crippen LogP contribution in [0.25, 0.3) is 17.0 Å². The summed E-state index contributed by atoms with van der Waals surface area (Å²) in [6, 6.07) is 12.6. The summed E-state index contributed by atoms with van der Waals surface area (Å²) in [5.74, 6) is 0.285. The fraction of sp³-hybridized carbons (Fsp3) is 0.190. The summed E-state index contributed by atoms with van der Waals surface area (Å²) >= 11 is 9.43. The van der Waals surface area contributed by atoms with Gasteiger partial charge in [-0.3, -0.25) is 9.59 Å². The monoisotopic (exact) mass is 459 g/mol. The molecule has 1 N–H and O–H groups in total. The molecule has 1 amide bonds. The second-order valence-electron chi connectivity index (χ2n) is 6.32. The van der Waals surface area contributed by atoms with Gasteiger partial charge in [0.15, 0.2) is 0 Å². The van der Waals surface area contributed by atoms with E-state index in [9.17, 15) is 9.59 Å². The van der Waals surface area contributed by atoms with Crippen molar-refractivity contribution in [3.8, 4) is 0 Å². The van der Waals surface area contributed by atoms with Crippen LogP contribution in [0, 0.1) is 0 Å². The van der Waals surface area contributed by atoms with Gasteiger partial charge in [0, 0.05) is 22.1 Å². The predicted molar refractivity (Wildman–Crippen MR) is 116 cm³/mol. The van der Waals surface area contributed by atoms with Gasteiger partial charge < -0.3 is 9.88 Å². The third-order valence-electron chi connectivity index (χ3n) is 4.13. The topological polar surface area (TPSA) is 66.1 Å². The molecule has 0 saturated carbocycles. The molecular weight excluding hydrogens is 442 g/mol. The van der Waals surface area contributed by atoms with Gasteiger partial charge in [-0.2, -0.15) is 0 Å². The van der Waals surface area contributed by atoms with E-state index in [1.54, 1.807) is 29.2 Å². The third-order valence-corrected chi connectivity index (χ3v) is 4.86. The highest BCUT2D eigenvalue weighted by Gasteiger charge is 2.13. The van der Waals surface area contributed by atoms with Crippen LogP contribution in [0.1, 0.15) is 24.7 Å². The van der Waals surface area contributed by atoms with Gasteiger partial charge in [-0.1, -0.05) is 46.6 Å². The van der Waals surface area contributed by atoms with E-state index in [4.69, 9.17) is 11.6 Å². The number of H-pyrrole nitrogens is 1. The Bertz CT molecular complexity index is 1090. The number of fused-ring (bicyclic) bond motifs is 1. The van der Waals surface area contributed by atoms with Crippen LogP contribution >= 0.6 is 27.5 Å². The minimum absolute atomic E-state index is 0.143. The number of nitrogens with zero attached hydrogens (tertiary/aromatic N) is 2. The zero-order valence-corrected chi connectivity index (χ0v) is 17.6. The fourth-order valence-electron chi connectivity index (χ4n) is 2.84. The number of carbonyl (C=O) groups is 1. The Hall–Kier alpha value is -2.44. The highest BCUT2D eigenvalue weighted by molar-refractivity contribution is 9.10.